The van der Waals surface area contributed by atoms with Gasteiger partial charge in [-0.25, -0.2) is 0 Å². The molecule has 1 heterocycles. The van der Waals surface area contributed by atoms with Gasteiger partial charge in [0, 0.05) is 11.6 Å². The van der Waals surface area contributed by atoms with Crippen LogP contribution in [0, 0.1) is 13.8 Å². The van der Waals surface area contributed by atoms with Crippen LogP contribution in [-0.2, 0) is 11.8 Å². The van der Waals surface area contributed by atoms with Crippen LogP contribution in [0.4, 0.5) is 0 Å². The molecule has 2 heteroatoms. The lowest BCUT2D eigenvalue weighted by Crippen LogP contribution is -2.19. The van der Waals surface area contributed by atoms with Crippen LogP contribution in [0.15, 0.2) is 34.7 Å². The molecule has 1 atom stereocenters. The van der Waals surface area contributed by atoms with Gasteiger partial charge >= 0.3 is 0 Å². The van der Waals surface area contributed by atoms with E-state index in [1.54, 1.807) is 0 Å². The third-order valence-corrected chi connectivity index (χ3v) is 4.06. The topological polar surface area (TPSA) is 25.2 Å². The second-order valence-corrected chi connectivity index (χ2v) is 6.86. The molecule has 2 nitrogen and oxygen atoms in total. The molecule has 2 aromatic rings. The first-order valence-electron chi connectivity index (χ1n) is 7.65. The highest BCUT2D eigenvalue weighted by Crippen LogP contribution is 2.26. The van der Waals surface area contributed by atoms with Crippen LogP contribution in [0.1, 0.15) is 55.0 Å². The second-order valence-electron chi connectivity index (χ2n) is 6.86. The standard InChI is InChI=1S/C19H27NO/c1-13-11-17(14(2)21-13)18(20-6)12-15-7-9-16(10-8-15)19(3,4)5/h7-11,18,20H,12H2,1-6H3. The summed E-state index contributed by atoms with van der Waals surface area (Å²) in [6.07, 6.45) is 0.973. The van der Waals surface area contributed by atoms with Crippen molar-refractivity contribution in [1.82, 2.24) is 5.32 Å². The summed E-state index contributed by atoms with van der Waals surface area (Å²) in [6, 6.07) is 11.4. The summed E-state index contributed by atoms with van der Waals surface area (Å²) >= 11 is 0. The van der Waals surface area contributed by atoms with Crippen molar-refractivity contribution in [2.45, 2.75) is 52.5 Å². The molecule has 0 saturated heterocycles. The lowest BCUT2D eigenvalue weighted by atomic mass is 9.86. The van der Waals surface area contributed by atoms with Crippen LogP contribution in [0.25, 0.3) is 0 Å². The molecule has 0 bridgehead atoms. The van der Waals surface area contributed by atoms with Crippen LogP contribution in [0.2, 0.25) is 0 Å². The van der Waals surface area contributed by atoms with Crippen molar-refractivity contribution in [3.8, 4) is 0 Å². The first kappa shape index (κ1) is 15.8. The predicted molar refractivity (Wildman–Crippen MR) is 88.8 cm³/mol. The van der Waals surface area contributed by atoms with E-state index in [1.807, 2.05) is 20.9 Å². The van der Waals surface area contributed by atoms with Crippen LogP contribution in [0.3, 0.4) is 0 Å². The lowest BCUT2D eigenvalue weighted by Gasteiger charge is -2.20. The molecule has 0 spiro atoms. The Morgan fingerprint density at radius 3 is 2.14 bits per heavy atom. The molecular formula is C19H27NO. The van der Waals surface area contributed by atoms with E-state index in [1.165, 1.54) is 16.7 Å². The largest absolute Gasteiger partial charge is 0.466 e. The highest BCUT2D eigenvalue weighted by atomic mass is 16.3. The highest BCUT2D eigenvalue weighted by molar-refractivity contribution is 5.30. The number of benzene rings is 1. The number of likely N-dealkylation sites (N-methyl/N-ethyl adjacent to an activating group) is 1. The summed E-state index contributed by atoms with van der Waals surface area (Å²) in [7, 11) is 2.01. The predicted octanol–water partition coefficient (Wildman–Crippen LogP) is 4.70. The molecule has 2 rings (SSSR count). The normalized spacial score (nSPS) is 13.4. The summed E-state index contributed by atoms with van der Waals surface area (Å²) in [5.74, 6) is 1.99. The zero-order valence-corrected chi connectivity index (χ0v) is 14.1. The van der Waals surface area contributed by atoms with Crippen molar-refractivity contribution in [2.24, 2.45) is 0 Å². The van der Waals surface area contributed by atoms with Crippen LogP contribution >= 0.6 is 0 Å². The van der Waals surface area contributed by atoms with E-state index in [2.05, 4.69) is 56.4 Å². The van der Waals surface area contributed by atoms with Gasteiger partial charge in [-0.2, -0.15) is 0 Å². The molecule has 0 amide bonds. The number of furan rings is 1. The fraction of sp³-hybridized carbons (Fsp3) is 0.474. The Hall–Kier alpha value is -1.54. The van der Waals surface area contributed by atoms with Gasteiger partial charge in [0.05, 0.1) is 0 Å². The van der Waals surface area contributed by atoms with Gasteiger partial charge in [0.2, 0.25) is 0 Å². The zero-order valence-electron chi connectivity index (χ0n) is 14.1. The van der Waals surface area contributed by atoms with Gasteiger partial charge in [-0.05, 0) is 49.9 Å². The third kappa shape index (κ3) is 3.76. The van der Waals surface area contributed by atoms with Crippen molar-refractivity contribution in [1.29, 1.82) is 0 Å². The number of rotatable bonds is 4. The van der Waals surface area contributed by atoms with Gasteiger partial charge in [0.15, 0.2) is 0 Å². The maximum absolute atomic E-state index is 5.66. The molecule has 1 unspecified atom stereocenters. The zero-order chi connectivity index (χ0) is 15.6. The number of aryl methyl sites for hydroxylation is 2. The van der Waals surface area contributed by atoms with Crippen molar-refractivity contribution in [2.75, 3.05) is 7.05 Å². The van der Waals surface area contributed by atoms with E-state index in [9.17, 15) is 0 Å². The molecule has 0 radical (unpaired) electrons. The fourth-order valence-electron chi connectivity index (χ4n) is 2.74. The van der Waals surface area contributed by atoms with Gasteiger partial charge in [-0.15, -0.1) is 0 Å². The van der Waals surface area contributed by atoms with Crippen LogP contribution in [-0.4, -0.2) is 7.05 Å². The lowest BCUT2D eigenvalue weighted by molar-refractivity contribution is 0.490. The second kappa shape index (κ2) is 6.07. The van der Waals surface area contributed by atoms with Gasteiger partial charge in [0.25, 0.3) is 0 Å². The SMILES string of the molecule is CNC(Cc1ccc(C(C)(C)C)cc1)c1cc(C)oc1C. The summed E-state index contributed by atoms with van der Waals surface area (Å²) < 4.78 is 5.66. The van der Waals surface area contributed by atoms with Crippen molar-refractivity contribution in [3.63, 3.8) is 0 Å². The number of hydrogen-bond donors (Lipinski definition) is 1. The Kier molecular flexibility index (Phi) is 4.58. The summed E-state index contributed by atoms with van der Waals surface area (Å²) in [5.41, 5.74) is 4.19. The quantitative estimate of drug-likeness (QED) is 0.881. The molecule has 1 N–H and O–H groups in total. The average Bonchev–Trinajstić information content (AvgIpc) is 2.74. The van der Waals surface area contributed by atoms with E-state index in [0.717, 1.165) is 17.9 Å². The molecule has 114 valence electrons. The van der Waals surface area contributed by atoms with Crippen LogP contribution in [0.5, 0.6) is 0 Å². The van der Waals surface area contributed by atoms with Gasteiger partial charge in [-0.3, -0.25) is 0 Å². The van der Waals surface area contributed by atoms with E-state index in [-0.39, 0.29) is 5.41 Å². The Morgan fingerprint density at radius 1 is 1.10 bits per heavy atom. The van der Waals surface area contributed by atoms with Crippen LogP contribution < -0.4 is 5.32 Å². The maximum Gasteiger partial charge on any atom is 0.105 e. The van der Waals surface area contributed by atoms with E-state index >= 15 is 0 Å². The minimum atomic E-state index is 0.208. The third-order valence-electron chi connectivity index (χ3n) is 4.06. The molecule has 0 saturated carbocycles. The van der Waals surface area contributed by atoms with E-state index in [0.29, 0.717) is 6.04 Å². The number of nitrogens with one attached hydrogen (secondary N) is 1. The molecule has 0 fully saturated rings. The molecule has 21 heavy (non-hydrogen) atoms. The summed E-state index contributed by atoms with van der Waals surface area (Å²) in [5, 5.41) is 3.41. The maximum atomic E-state index is 5.66. The van der Waals surface area contributed by atoms with E-state index < -0.39 is 0 Å². The first-order chi connectivity index (χ1) is 9.81. The monoisotopic (exact) mass is 285 g/mol. The molecule has 0 aliphatic carbocycles. The number of hydrogen-bond acceptors (Lipinski definition) is 2. The van der Waals surface area contributed by atoms with Crippen molar-refractivity contribution >= 4 is 0 Å². The molecule has 0 aliphatic rings. The van der Waals surface area contributed by atoms with E-state index in [4.69, 9.17) is 4.42 Å². The minimum absolute atomic E-state index is 0.208. The fourth-order valence-corrected chi connectivity index (χ4v) is 2.74. The van der Waals surface area contributed by atoms with Crippen molar-refractivity contribution < 1.29 is 4.42 Å². The molecular weight excluding hydrogens is 258 g/mol. The molecule has 0 aliphatic heterocycles. The molecule has 1 aromatic carbocycles. The molecule has 1 aromatic heterocycles. The van der Waals surface area contributed by atoms with Gasteiger partial charge in [-0.1, -0.05) is 45.0 Å². The summed E-state index contributed by atoms with van der Waals surface area (Å²) in [6.45, 7) is 10.8. The van der Waals surface area contributed by atoms with Gasteiger partial charge in [0.1, 0.15) is 11.5 Å². The average molecular weight is 285 g/mol. The Morgan fingerprint density at radius 2 is 1.71 bits per heavy atom. The van der Waals surface area contributed by atoms with Crippen molar-refractivity contribution in [3.05, 3.63) is 58.5 Å². The Bertz CT molecular complexity index is 587. The first-order valence-corrected chi connectivity index (χ1v) is 7.65. The Balaban J connectivity index is 2.17. The van der Waals surface area contributed by atoms with Gasteiger partial charge < -0.3 is 9.73 Å². The minimum Gasteiger partial charge on any atom is -0.466 e. The highest BCUT2D eigenvalue weighted by Gasteiger charge is 2.17. The summed E-state index contributed by atoms with van der Waals surface area (Å²) in [4.78, 5) is 0. The Labute approximate surface area is 128 Å². The smallest absolute Gasteiger partial charge is 0.105 e.